The van der Waals surface area contributed by atoms with Crippen molar-refractivity contribution in [3.63, 3.8) is 0 Å². The zero-order valence-corrected chi connectivity index (χ0v) is 12.2. The molecule has 1 nitrogen and oxygen atoms in total. The van der Waals surface area contributed by atoms with E-state index >= 15 is 0 Å². The van der Waals surface area contributed by atoms with Crippen LogP contribution in [0.4, 0.5) is 3.09 Å². The molecule has 0 spiro atoms. The summed E-state index contributed by atoms with van der Waals surface area (Å²) in [5, 5.41) is 0. The molecule has 0 aliphatic carbocycles. The Labute approximate surface area is 104 Å². The first kappa shape index (κ1) is 13.6. The van der Waals surface area contributed by atoms with Crippen molar-refractivity contribution in [2.45, 2.75) is 40.0 Å². The molecule has 88 valence electrons. The molecule has 1 aromatic carbocycles. The summed E-state index contributed by atoms with van der Waals surface area (Å²) in [6.45, 7) is 9.99. The molecule has 0 saturated heterocycles. The Bertz CT molecular complexity index is 401. The molecule has 0 radical (unpaired) electrons. The standard InChI is InChI=1S/C10H14O.C3H6.FH.Ti/c1-10(2,3)8-5-4-6-9(11)7-8;1-3-2;;/h4-7,11H,1-3H3;1-2H3;1H;/q;;;+2/p-2. The quantitative estimate of drug-likeness (QED) is 0.729. The molecule has 0 fully saturated rings. The Hall–Kier alpha value is -0.466. The Morgan fingerprint density at radius 3 is 2.38 bits per heavy atom. The molecule has 0 amide bonds. The summed E-state index contributed by atoms with van der Waals surface area (Å²) >= 11 is -2.93. The normalized spacial score (nSPS) is 11.1. The van der Waals surface area contributed by atoms with Gasteiger partial charge in [0.1, 0.15) is 0 Å². The van der Waals surface area contributed by atoms with Crippen molar-refractivity contribution in [2.24, 2.45) is 0 Å². The van der Waals surface area contributed by atoms with Crippen molar-refractivity contribution in [1.82, 2.24) is 0 Å². The van der Waals surface area contributed by atoms with Crippen molar-refractivity contribution >= 4 is 3.81 Å². The monoisotopic (exact) mass is 258 g/mol. The van der Waals surface area contributed by atoms with Gasteiger partial charge >= 0.3 is 104 Å². The Balaban J connectivity index is 2.97. The summed E-state index contributed by atoms with van der Waals surface area (Å²) in [6, 6.07) is 7.74. The predicted molar refractivity (Wildman–Crippen MR) is 63.2 cm³/mol. The van der Waals surface area contributed by atoms with E-state index in [0.29, 0.717) is 5.75 Å². The Kier molecular flexibility index (Phi) is 4.46. The number of halogens is 1. The van der Waals surface area contributed by atoms with Gasteiger partial charge in [-0.25, -0.2) is 0 Å². The minimum atomic E-state index is -2.93. The summed E-state index contributed by atoms with van der Waals surface area (Å²) < 4.78 is 19.7. The van der Waals surface area contributed by atoms with Crippen LogP contribution in [0.3, 0.4) is 0 Å². The van der Waals surface area contributed by atoms with Crippen molar-refractivity contribution in [3.05, 3.63) is 29.8 Å². The average molecular weight is 258 g/mol. The fourth-order valence-corrected chi connectivity index (χ4v) is 2.07. The molecule has 3 heteroatoms. The second-order valence-corrected chi connectivity index (χ2v) is 7.89. The van der Waals surface area contributed by atoms with E-state index in [0.717, 1.165) is 3.81 Å². The minimum absolute atomic E-state index is 0.0703. The molecule has 1 rings (SSSR count). The van der Waals surface area contributed by atoms with Gasteiger partial charge in [0.2, 0.25) is 0 Å². The van der Waals surface area contributed by atoms with Gasteiger partial charge in [-0.05, 0) is 0 Å². The molecule has 0 bridgehead atoms. The third kappa shape index (κ3) is 3.84. The SMILES string of the molecule is C[C](C)=[Ti]([F])[O]c1cccc(C(C)(C)C)c1. The second-order valence-electron chi connectivity index (χ2n) is 5.15. The maximum atomic E-state index is 13.5. The summed E-state index contributed by atoms with van der Waals surface area (Å²) in [7, 11) is 0. The van der Waals surface area contributed by atoms with Crippen LogP contribution in [0.15, 0.2) is 24.3 Å². The van der Waals surface area contributed by atoms with Gasteiger partial charge in [-0.2, -0.15) is 0 Å². The van der Waals surface area contributed by atoms with Gasteiger partial charge in [-0.3, -0.25) is 0 Å². The van der Waals surface area contributed by atoms with Crippen molar-refractivity contribution in [2.75, 3.05) is 0 Å². The van der Waals surface area contributed by atoms with E-state index in [-0.39, 0.29) is 5.41 Å². The number of hydrogen-bond donors (Lipinski definition) is 0. The van der Waals surface area contributed by atoms with Crippen molar-refractivity contribution in [1.29, 1.82) is 0 Å². The van der Waals surface area contributed by atoms with Crippen LogP contribution in [0.25, 0.3) is 0 Å². The molecular weight excluding hydrogens is 239 g/mol. The van der Waals surface area contributed by atoms with Gasteiger partial charge in [0.05, 0.1) is 0 Å². The Morgan fingerprint density at radius 1 is 1.25 bits per heavy atom. The van der Waals surface area contributed by atoms with E-state index in [1.54, 1.807) is 13.8 Å². The molecule has 0 heterocycles. The first-order chi connectivity index (χ1) is 7.30. The van der Waals surface area contributed by atoms with E-state index in [1.807, 2.05) is 24.3 Å². The van der Waals surface area contributed by atoms with Crippen LogP contribution >= 0.6 is 0 Å². The first-order valence-electron chi connectivity index (χ1n) is 5.42. The summed E-state index contributed by atoms with van der Waals surface area (Å²) in [6.07, 6.45) is 0. The van der Waals surface area contributed by atoms with Crippen LogP contribution < -0.4 is 3.32 Å². The summed E-state index contributed by atoms with van der Waals surface area (Å²) in [5.74, 6) is 0.658. The third-order valence-electron chi connectivity index (χ3n) is 2.30. The first-order valence-corrected chi connectivity index (χ1v) is 7.43. The molecular formula is C13H19FOTi. The second kappa shape index (κ2) is 5.24. The van der Waals surface area contributed by atoms with Crippen molar-refractivity contribution < 1.29 is 24.7 Å². The van der Waals surface area contributed by atoms with Crippen molar-refractivity contribution in [3.8, 4) is 5.75 Å². The molecule has 0 N–H and O–H groups in total. The van der Waals surface area contributed by atoms with Crippen LogP contribution in [-0.4, -0.2) is 3.81 Å². The van der Waals surface area contributed by atoms with Gasteiger partial charge in [-0.1, -0.05) is 0 Å². The molecule has 0 atom stereocenters. The van der Waals surface area contributed by atoms with Gasteiger partial charge in [0, 0.05) is 0 Å². The van der Waals surface area contributed by atoms with E-state index in [1.165, 1.54) is 5.56 Å². The van der Waals surface area contributed by atoms with E-state index < -0.39 is 18.3 Å². The molecule has 1 aromatic rings. The number of benzene rings is 1. The van der Waals surface area contributed by atoms with Crippen LogP contribution in [-0.2, 0) is 23.7 Å². The fourth-order valence-electron chi connectivity index (χ4n) is 1.23. The van der Waals surface area contributed by atoms with Crippen LogP contribution in [0.1, 0.15) is 40.2 Å². The van der Waals surface area contributed by atoms with Gasteiger partial charge in [0.15, 0.2) is 0 Å². The molecule has 0 unspecified atom stereocenters. The molecule has 0 aromatic heterocycles. The summed E-state index contributed by atoms with van der Waals surface area (Å²) in [5.41, 5.74) is 1.24. The Morgan fingerprint density at radius 2 is 1.88 bits per heavy atom. The number of hydrogen-bond acceptors (Lipinski definition) is 1. The maximum absolute atomic E-state index is 13.5. The molecule has 16 heavy (non-hydrogen) atoms. The molecule has 0 saturated carbocycles. The van der Waals surface area contributed by atoms with E-state index in [9.17, 15) is 3.09 Å². The third-order valence-corrected chi connectivity index (χ3v) is 4.18. The van der Waals surface area contributed by atoms with Crippen LogP contribution in [0.2, 0.25) is 0 Å². The van der Waals surface area contributed by atoms with Gasteiger partial charge < -0.3 is 0 Å². The van der Waals surface area contributed by atoms with E-state index in [2.05, 4.69) is 20.8 Å². The molecule has 0 aliphatic rings. The number of rotatable bonds is 2. The van der Waals surface area contributed by atoms with Crippen LogP contribution in [0, 0.1) is 0 Å². The fraction of sp³-hybridized carbons (Fsp3) is 0.462. The van der Waals surface area contributed by atoms with Crippen LogP contribution in [0.5, 0.6) is 5.75 Å². The average Bonchev–Trinajstić information content (AvgIpc) is 2.16. The topological polar surface area (TPSA) is 9.23 Å². The molecule has 0 aliphatic heterocycles. The van der Waals surface area contributed by atoms with Gasteiger partial charge in [0.25, 0.3) is 0 Å². The summed E-state index contributed by atoms with van der Waals surface area (Å²) in [4.78, 5) is 0. The van der Waals surface area contributed by atoms with Gasteiger partial charge in [-0.15, -0.1) is 0 Å². The predicted octanol–water partition coefficient (Wildman–Crippen LogP) is 3.99. The zero-order valence-electron chi connectivity index (χ0n) is 10.6. The zero-order chi connectivity index (χ0) is 12.3. The van der Waals surface area contributed by atoms with E-state index in [4.69, 9.17) is 3.32 Å².